The van der Waals surface area contributed by atoms with Crippen molar-refractivity contribution in [3.63, 3.8) is 0 Å². The fourth-order valence-electron chi connectivity index (χ4n) is 2.43. The molecule has 0 fully saturated rings. The second kappa shape index (κ2) is 9.22. The van der Waals surface area contributed by atoms with Gasteiger partial charge in [0.1, 0.15) is 5.75 Å². The fraction of sp³-hybridized carbons (Fsp3) is 0.263. The smallest absolute Gasteiger partial charge is 0.244 e. The molecule has 2 aromatic carbocycles. The van der Waals surface area contributed by atoms with Gasteiger partial charge in [-0.05, 0) is 43.7 Å². The van der Waals surface area contributed by atoms with Gasteiger partial charge < -0.3 is 10.0 Å². The molecule has 0 aromatic heterocycles. The average molecular weight is 404 g/mol. The maximum atomic E-state index is 11.9. The molecule has 6 heteroatoms. The van der Waals surface area contributed by atoms with E-state index in [0.717, 1.165) is 28.8 Å². The van der Waals surface area contributed by atoms with Gasteiger partial charge in [0.25, 0.3) is 0 Å². The standard InChI is InChI=1S/C19H22BrN3O2/c1-3-23(4-2)17-10-7-15(18(24)12-17)13-21-22-19(25)11-14-5-8-16(20)9-6-14/h5-10,12-13,24H,3-4,11H2,1-2H3,(H,22,25)/b21-13+. The van der Waals surface area contributed by atoms with Crippen LogP contribution in [0.3, 0.4) is 0 Å². The number of rotatable bonds is 7. The van der Waals surface area contributed by atoms with Crippen molar-refractivity contribution >= 4 is 33.7 Å². The summed E-state index contributed by atoms with van der Waals surface area (Å²) in [6, 6.07) is 13.0. The van der Waals surface area contributed by atoms with Crippen molar-refractivity contribution in [2.45, 2.75) is 20.3 Å². The maximum absolute atomic E-state index is 11.9. The summed E-state index contributed by atoms with van der Waals surface area (Å²) in [5.74, 6) is -0.0758. The van der Waals surface area contributed by atoms with Crippen LogP contribution in [0.4, 0.5) is 5.69 Å². The van der Waals surface area contributed by atoms with E-state index in [4.69, 9.17) is 0 Å². The van der Waals surface area contributed by atoms with Crippen LogP contribution >= 0.6 is 15.9 Å². The number of anilines is 1. The summed E-state index contributed by atoms with van der Waals surface area (Å²) < 4.78 is 0.971. The Morgan fingerprint density at radius 1 is 1.20 bits per heavy atom. The molecule has 0 spiro atoms. The number of phenols is 1. The quantitative estimate of drug-likeness (QED) is 0.547. The summed E-state index contributed by atoms with van der Waals surface area (Å²) in [5.41, 5.74) is 4.90. The zero-order valence-corrected chi connectivity index (χ0v) is 16.0. The van der Waals surface area contributed by atoms with E-state index in [1.807, 2.05) is 30.3 Å². The van der Waals surface area contributed by atoms with Gasteiger partial charge in [0.05, 0.1) is 12.6 Å². The van der Waals surface area contributed by atoms with Crippen LogP contribution in [-0.4, -0.2) is 30.3 Å². The summed E-state index contributed by atoms with van der Waals surface area (Å²) in [6.45, 7) is 5.87. The molecular weight excluding hydrogens is 382 g/mol. The Labute approximate surface area is 156 Å². The molecule has 2 N–H and O–H groups in total. The minimum atomic E-state index is -0.210. The lowest BCUT2D eigenvalue weighted by atomic mass is 10.1. The average Bonchev–Trinajstić information content (AvgIpc) is 2.60. The minimum Gasteiger partial charge on any atom is -0.507 e. The number of benzene rings is 2. The number of aromatic hydroxyl groups is 1. The minimum absolute atomic E-state index is 0.135. The van der Waals surface area contributed by atoms with E-state index >= 15 is 0 Å². The third kappa shape index (κ3) is 5.60. The van der Waals surface area contributed by atoms with Gasteiger partial charge in [0.15, 0.2) is 0 Å². The van der Waals surface area contributed by atoms with Crippen LogP contribution in [0, 0.1) is 0 Å². The lowest BCUT2D eigenvalue weighted by Gasteiger charge is -2.21. The number of hydrogen-bond donors (Lipinski definition) is 2. The van der Waals surface area contributed by atoms with Gasteiger partial charge in [-0.25, -0.2) is 5.43 Å². The van der Waals surface area contributed by atoms with E-state index in [2.05, 4.69) is 45.2 Å². The van der Waals surface area contributed by atoms with Crippen molar-refractivity contribution in [1.82, 2.24) is 5.43 Å². The maximum Gasteiger partial charge on any atom is 0.244 e. The second-order valence-corrected chi connectivity index (χ2v) is 6.43. The molecule has 25 heavy (non-hydrogen) atoms. The van der Waals surface area contributed by atoms with Gasteiger partial charge in [-0.15, -0.1) is 0 Å². The van der Waals surface area contributed by atoms with E-state index in [1.165, 1.54) is 6.21 Å². The number of nitrogens with one attached hydrogen (secondary N) is 1. The zero-order valence-electron chi connectivity index (χ0n) is 14.4. The molecule has 5 nitrogen and oxygen atoms in total. The highest BCUT2D eigenvalue weighted by Gasteiger charge is 2.06. The van der Waals surface area contributed by atoms with Gasteiger partial charge >= 0.3 is 0 Å². The molecule has 0 aliphatic carbocycles. The summed E-state index contributed by atoms with van der Waals surface area (Å²) in [5, 5.41) is 14.0. The summed E-state index contributed by atoms with van der Waals surface area (Å²) in [6.07, 6.45) is 1.69. The number of carbonyl (C=O) groups is 1. The van der Waals surface area contributed by atoms with Crippen LogP contribution in [-0.2, 0) is 11.2 Å². The first-order valence-corrected chi connectivity index (χ1v) is 8.97. The zero-order chi connectivity index (χ0) is 18.2. The molecule has 2 aromatic rings. The van der Waals surface area contributed by atoms with Crippen LogP contribution in [0.25, 0.3) is 0 Å². The number of amides is 1. The van der Waals surface area contributed by atoms with Crippen molar-refractivity contribution in [1.29, 1.82) is 0 Å². The van der Waals surface area contributed by atoms with Gasteiger partial charge in [0.2, 0.25) is 5.91 Å². The Morgan fingerprint density at radius 3 is 2.48 bits per heavy atom. The molecule has 0 saturated carbocycles. The lowest BCUT2D eigenvalue weighted by Crippen LogP contribution is -2.21. The van der Waals surface area contributed by atoms with Crippen LogP contribution in [0.15, 0.2) is 52.0 Å². The number of phenolic OH excluding ortho intramolecular Hbond substituents is 1. The third-order valence-corrected chi connectivity index (χ3v) is 4.34. The highest BCUT2D eigenvalue weighted by atomic mass is 79.9. The topological polar surface area (TPSA) is 64.9 Å². The van der Waals surface area contributed by atoms with Crippen LogP contribution < -0.4 is 10.3 Å². The van der Waals surface area contributed by atoms with Gasteiger partial charge in [-0.1, -0.05) is 28.1 Å². The summed E-state index contributed by atoms with van der Waals surface area (Å²) in [4.78, 5) is 14.0. The molecule has 0 unspecified atom stereocenters. The molecule has 0 aliphatic rings. The Morgan fingerprint density at radius 2 is 1.88 bits per heavy atom. The molecule has 0 aliphatic heterocycles. The van der Waals surface area contributed by atoms with E-state index in [1.54, 1.807) is 12.1 Å². The Balaban J connectivity index is 1.95. The van der Waals surface area contributed by atoms with Gasteiger partial charge in [-0.2, -0.15) is 5.10 Å². The second-order valence-electron chi connectivity index (χ2n) is 5.51. The molecule has 1 amide bonds. The molecule has 0 atom stereocenters. The summed E-state index contributed by atoms with van der Waals surface area (Å²) in [7, 11) is 0. The Hall–Kier alpha value is -2.34. The number of hydrazone groups is 1. The lowest BCUT2D eigenvalue weighted by molar-refractivity contribution is -0.120. The van der Waals surface area contributed by atoms with Crippen molar-refractivity contribution in [3.8, 4) is 5.75 Å². The van der Waals surface area contributed by atoms with E-state index < -0.39 is 0 Å². The normalized spacial score (nSPS) is 10.8. The molecule has 2 rings (SSSR count). The van der Waals surface area contributed by atoms with E-state index in [0.29, 0.717) is 5.56 Å². The van der Waals surface area contributed by atoms with Crippen molar-refractivity contribution in [2.75, 3.05) is 18.0 Å². The summed E-state index contributed by atoms with van der Waals surface area (Å²) >= 11 is 3.36. The predicted molar refractivity (Wildman–Crippen MR) is 105 cm³/mol. The number of nitrogens with zero attached hydrogens (tertiary/aromatic N) is 2. The monoisotopic (exact) mass is 403 g/mol. The molecule has 0 heterocycles. The number of carbonyl (C=O) groups excluding carboxylic acids is 1. The first-order chi connectivity index (χ1) is 12.0. The first-order valence-electron chi connectivity index (χ1n) is 8.17. The largest absolute Gasteiger partial charge is 0.507 e. The number of halogens is 1. The molecular formula is C19H22BrN3O2. The fourth-order valence-corrected chi connectivity index (χ4v) is 2.69. The molecule has 0 saturated heterocycles. The van der Waals surface area contributed by atoms with E-state index in [-0.39, 0.29) is 18.1 Å². The van der Waals surface area contributed by atoms with Crippen molar-refractivity contribution < 1.29 is 9.90 Å². The van der Waals surface area contributed by atoms with Gasteiger partial charge in [-0.3, -0.25) is 4.79 Å². The Bertz CT molecular complexity index is 741. The highest BCUT2D eigenvalue weighted by molar-refractivity contribution is 9.10. The van der Waals surface area contributed by atoms with Crippen molar-refractivity contribution in [3.05, 3.63) is 58.1 Å². The molecule has 132 valence electrons. The highest BCUT2D eigenvalue weighted by Crippen LogP contribution is 2.23. The first kappa shape index (κ1) is 19.0. The molecule has 0 radical (unpaired) electrons. The SMILES string of the molecule is CCN(CC)c1ccc(/C=N/NC(=O)Cc2ccc(Br)cc2)c(O)c1. The number of hydrogen-bond acceptors (Lipinski definition) is 4. The third-order valence-electron chi connectivity index (χ3n) is 3.81. The van der Waals surface area contributed by atoms with Crippen LogP contribution in [0.2, 0.25) is 0 Å². The van der Waals surface area contributed by atoms with Crippen LogP contribution in [0.5, 0.6) is 5.75 Å². The molecule has 0 bridgehead atoms. The van der Waals surface area contributed by atoms with E-state index in [9.17, 15) is 9.90 Å². The van der Waals surface area contributed by atoms with Crippen LogP contribution in [0.1, 0.15) is 25.0 Å². The Kier molecular flexibility index (Phi) is 7.01. The predicted octanol–water partition coefficient (Wildman–Crippen LogP) is 3.69. The van der Waals surface area contributed by atoms with Crippen molar-refractivity contribution in [2.24, 2.45) is 5.10 Å². The van der Waals surface area contributed by atoms with Gasteiger partial charge in [0, 0.05) is 34.9 Å².